The minimum Gasteiger partial charge on any atom is -0.503 e. The predicted octanol–water partition coefficient (Wildman–Crippen LogP) is 2.62. The number of nitrogens with one attached hydrogen (secondary N) is 1. The van der Waals surface area contributed by atoms with E-state index < -0.39 is 17.7 Å². The van der Waals surface area contributed by atoms with E-state index >= 15 is 0 Å². The van der Waals surface area contributed by atoms with Crippen LogP contribution in [-0.4, -0.2) is 23.9 Å². The van der Waals surface area contributed by atoms with E-state index in [1.165, 1.54) is 11.3 Å². The first-order valence-corrected chi connectivity index (χ1v) is 7.46. The van der Waals surface area contributed by atoms with Crippen LogP contribution in [0.1, 0.15) is 21.3 Å². The lowest BCUT2D eigenvalue weighted by molar-refractivity contribution is -0.119. The summed E-state index contributed by atoms with van der Waals surface area (Å²) in [7, 11) is 1.56. The van der Waals surface area contributed by atoms with Crippen molar-refractivity contribution in [2.24, 2.45) is 0 Å². The number of hydrogen-bond donors (Lipinski definition) is 2. The number of carbonyl (C=O) groups excluding carboxylic acids is 2. The number of Topliss-reactive ketones (excluding diaryl/α,β-unsaturated/α-hetero) is 1. The molecule has 2 aromatic rings. The van der Waals surface area contributed by atoms with Crippen molar-refractivity contribution in [1.82, 2.24) is 5.32 Å². The summed E-state index contributed by atoms with van der Waals surface area (Å²) < 4.78 is 5.09. The molecule has 0 unspecified atom stereocenters. The van der Waals surface area contributed by atoms with Gasteiger partial charge in [-0.15, -0.1) is 11.3 Å². The number of hydrogen-bond acceptors (Lipinski definition) is 5. The van der Waals surface area contributed by atoms with Crippen molar-refractivity contribution in [3.05, 3.63) is 63.6 Å². The second-order valence-corrected chi connectivity index (χ2v) is 5.70. The monoisotopic (exact) mass is 315 g/mol. The van der Waals surface area contributed by atoms with E-state index in [1.807, 2.05) is 0 Å². The van der Waals surface area contributed by atoms with Crippen molar-refractivity contribution in [2.45, 2.75) is 6.04 Å². The first kappa shape index (κ1) is 14.3. The van der Waals surface area contributed by atoms with E-state index in [4.69, 9.17) is 4.74 Å². The Labute approximate surface area is 130 Å². The predicted molar refractivity (Wildman–Crippen MR) is 82.2 cm³/mol. The van der Waals surface area contributed by atoms with Gasteiger partial charge < -0.3 is 15.2 Å². The molecule has 0 spiro atoms. The van der Waals surface area contributed by atoms with Crippen LogP contribution in [0.2, 0.25) is 0 Å². The summed E-state index contributed by atoms with van der Waals surface area (Å²) in [6.07, 6.45) is 0. The summed E-state index contributed by atoms with van der Waals surface area (Å²) in [4.78, 5) is 24.8. The van der Waals surface area contributed by atoms with Crippen LogP contribution in [0.4, 0.5) is 0 Å². The molecular weight excluding hydrogens is 302 g/mol. The van der Waals surface area contributed by atoms with Crippen molar-refractivity contribution in [3.63, 3.8) is 0 Å². The highest BCUT2D eigenvalue weighted by Crippen LogP contribution is 2.33. The highest BCUT2D eigenvalue weighted by molar-refractivity contribution is 7.12. The summed E-state index contributed by atoms with van der Waals surface area (Å²) >= 11 is 1.27. The van der Waals surface area contributed by atoms with Gasteiger partial charge in [-0.2, -0.15) is 0 Å². The lowest BCUT2D eigenvalue weighted by Crippen LogP contribution is -2.23. The Morgan fingerprint density at radius 3 is 2.59 bits per heavy atom. The standard InChI is InChI=1S/C16H13NO4S/c1-21-10-6-4-9(5-7-10)13-12(15(19)16(20)17-13)14(18)11-3-2-8-22-11/h2-8,13,19H,1H3,(H,17,20)/t13-/m1/s1. The Balaban J connectivity index is 2.00. The lowest BCUT2D eigenvalue weighted by atomic mass is 9.96. The van der Waals surface area contributed by atoms with Gasteiger partial charge in [0.25, 0.3) is 5.91 Å². The zero-order chi connectivity index (χ0) is 15.7. The fraction of sp³-hybridized carbons (Fsp3) is 0.125. The van der Waals surface area contributed by atoms with Gasteiger partial charge in [-0.1, -0.05) is 18.2 Å². The van der Waals surface area contributed by atoms with E-state index in [0.29, 0.717) is 16.2 Å². The maximum atomic E-state index is 12.5. The average Bonchev–Trinajstić information content (AvgIpc) is 3.16. The number of methoxy groups -OCH3 is 1. The molecule has 3 rings (SSSR count). The summed E-state index contributed by atoms with van der Waals surface area (Å²) in [5.74, 6) is -0.820. The molecule has 1 amide bonds. The molecule has 0 fully saturated rings. The number of benzene rings is 1. The Hall–Kier alpha value is -2.60. The number of amides is 1. The van der Waals surface area contributed by atoms with Gasteiger partial charge in [-0.3, -0.25) is 9.59 Å². The molecular formula is C16H13NO4S. The molecule has 0 radical (unpaired) electrons. The topological polar surface area (TPSA) is 75.6 Å². The van der Waals surface area contributed by atoms with Crippen LogP contribution >= 0.6 is 11.3 Å². The fourth-order valence-electron chi connectivity index (χ4n) is 2.36. The molecule has 1 aromatic heterocycles. The second kappa shape index (κ2) is 5.65. The SMILES string of the molecule is COc1ccc([C@H]2NC(=O)C(O)=C2C(=O)c2cccs2)cc1. The molecule has 1 aromatic carbocycles. The smallest absolute Gasteiger partial charge is 0.287 e. The molecule has 0 saturated carbocycles. The molecule has 1 aliphatic heterocycles. The van der Waals surface area contributed by atoms with Gasteiger partial charge in [-0.05, 0) is 29.1 Å². The van der Waals surface area contributed by atoms with Gasteiger partial charge in [0, 0.05) is 0 Å². The van der Waals surface area contributed by atoms with E-state index in [9.17, 15) is 14.7 Å². The third-order valence-corrected chi connectivity index (χ3v) is 4.34. The van der Waals surface area contributed by atoms with Gasteiger partial charge in [0.2, 0.25) is 5.78 Å². The van der Waals surface area contributed by atoms with Gasteiger partial charge in [0.15, 0.2) is 5.76 Å². The van der Waals surface area contributed by atoms with Gasteiger partial charge in [-0.25, -0.2) is 0 Å². The molecule has 5 nitrogen and oxygen atoms in total. The van der Waals surface area contributed by atoms with Crippen LogP contribution < -0.4 is 10.1 Å². The Kier molecular flexibility index (Phi) is 3.68. The molecule has 2 heterocycles. The van der Waals surface area contributed by atoms with Crippen LogP contribution in [0.5, 0.6) is 5.75 Å². The van der Waals surface area contributed by atoms with Crippen LogP contribution in [0, 0.1) is 0 Å². The Morgan fingerprint density at radius 2 is 2.00 bits per heavy atom. The Bertz CT molecular complexity index is 747. The summed E-state index contributed by atoms with van der Waals surface area (Å²) in [6, 6.07) is 9.75. The molecule has 0 saturated heterocycles. The molecule has 1 aliphatic rings. The first-order valence-electron chi connectivity index (χ1n) is 6.58. The van der Waals surface area contributed by atoms with Crippen molar-refractivity contribution in [3.8, 4) is 5.75 Å². The fourth-order valence-corrected chi connectivity index (χ4v) is 3.03. The van der Waals surface area contributed by atoms with E-state index in [-0.39, 0.29) is 11.4 Å². The summed E-state index contributed by atoms with van der Waals surface area (Å²) in [5, 5.41) is 14.4. The minimum absolute atomic E-state index is 0.0811. The molecule has 6 heteroatoms. The lowest BCUT2D eigenvalue weighted by Gasteiger charge is -2.14. The van der Waals surface area contributed by atoms with E-state index in [2.05, 4.69) is 5.32 Å². The van der Waals surface area contributed by atoms with Crippen molar-refractivity contribution in [1.29, 1.82) is 0 Å². The molecule has 0 aliphatic carbocycles. The van der Waals surface area contributed by atoms with Crippen molar-refractivity contribution in [2.75, 3.05) is 7.11 Å². The van der Waals surface area contributed by atoms with Crippen molar-refractivity contribution < 1.29 is 19.4 Å². The number of aliphatic hydroxyl groups excluding tert-OH is 1. The zero-order valence-corrected chi connectivity index (χ0v) is 12.5. The second-order valence-electron chi connectivity index (χ2n) is 4.75. The quantitative estimate of drug-likeness (QED) is 0.851. The number of carbonyl (C=O) groups is 2. The van der Waals surface area contributed by atoms with Gasteiger partial charge >= 0.3 is 0 Å². The van der Waals surface area contributed by atoms with E-state index in [1.54, 1.807) is 48.9 Å². The maximum Gasteiger partial charge on any atom is 0.287 e. The molecule has 0 bridgehead atoms. The largest absolute Gasteiger partial charge is 0.503 e. The molecule has 112 valence electrons. The van der Waals surface area contributed by atoms with Gasteiger partial charge in [0.05, 0.1) is 23.6 Å². The number of aliphatic hydroxyl groups is 1. The molecule has 22 heavy (non-hydrogen) atoms. The highest BCUT2D eigenvalue weighted by Gasteiger charge is 2.37. The third-order valence-electron chi connectivity index (χ3n) is 3.47. The van der Waals surface area contributed by atoms with Crippen molar-refractivity contribution >= 4 is 23.0 Å². The molecule has 1 atom stereocenters. The number of ether oxygens (including phenoxy) is 1. The number of thiophene rings is 1. The van der Waals surface area contributed by atoms with E-state index in [0.717, 1.165) is 0 Å². The number of rotatable bonds is 4. The average molecular weight is 315 g/mol. The van der Waals surface area contributed by atoms with Crippen LogP contribution in [0.15, 0.2) is 53.1 Å². The minimum atomic E-state index is -0.659. The summed E-state index contributed by atoms with van der Waals surface area (Å²) in [5.41, 5.74) is 0.788. The Morgan fingerprint density at radius 1 is 1.27 bits per heavy atom. The highest BCUT2D eigenvalue weighted by atomic mass is 32.1. The normalized spacial score (nSPS) is 17.5. The van der Waals surface area contributed by atoms with Crippen LogP contribution in [0.3, 0.4) is 0 Å². The van der Waals surface area contributed by atoms with Crippen LogP contribution in [-0.2, 0) is 4.79 Å². The maximum absolute atomic E-state index is 12.5. The third kappa shape index (κ3) is 2.37. The zero-order valence-electron chi connectivity index (χ0n) is 11.7. The van der Waals surface area contributed by atoms with Gasteiger partial charge in [0.1, 0.15) is 5.75 Å². The number of ketones is 1. The summed E-state index contributed by atoms with van der Waals surface area (Å²) in [6.45, 7) is 0. The molecule has 2 N–H and O–H groups in total. The van der Waals surface area contributed by atoms with Crippen LogP contribution in [0.25, 0.3) is 0 Å². The first-order chi connectivity index (χ1) is 10.6.